The van der Waals surface area contributed by atoms with Gasteiger partial charge in [-0.25, -0.2) is 0 Å². The van der Waals surface area contributed by atoms with E-state index in [0.29, 0.717) is 22.5 Å². The van der Waals surface area contributed by atoms with Crippen molar-refractivity contribution in [3.63, 3.8) is 0 Å². The van der Waals surface area contributed by atoms with Crippen LogP contribution in [0.4, 0.5) is 11.4 Å². The first-order valence-corrected chi connectivity index (χ1v) is 8.79. The Labute approximate surface area is 159 Å². The van der Waals surface area contributed by atoms with Gasteiger partial charge in [0.15, 0.2) is 0 Å². The molecular formula is C23H22N2O2. The van der Waals surface area contributed by atoms with Gasteiger partial charge in [0, 0.05) is 22.5 Å². The molecule has 0 saturated heterocycles. The van der Waals surface area contributed by atoms with Crippen LogP contribution in [0.2, 0.25) is 0 Å². The third-order valence-electron chi connectivity index (χ3n) is 4.36. The van der Waals surface area contributed by atoms with E-state index in [9.17, 15) is 9.59 Å². The number of benzene rings is 3. The summed E-state index contributed by atoms with van der Waals surface area (Å²) in [7, 11) is 0. The second kappa shape index (κ2) is 7.87. The van der Waals surface area contributed by atoms with Crippen molar-refractivity contribution in [1.82, 2.24) is 0 Å². The number of aryl methyl sites for hydroxylation is 3. The fraction of sp³-hybridized carbons (Fsp3) is 0.130. The Morgan fingerprint density at radius 1 is 0.630 bits per heavy atom. The number of rotatable bonds is 4. The second-order valence-corrected chi connectivity index (χ2v) is 6.67. The number of hydrogen-bond acceptors (Lipinski definition) is 2. The maximum atomic E-state index is 12.4. The monoisotopic (exact) mass is 358 g/mol. The molecule has 136 valence electrons. The van der Waals surface area contributed by atoms with Crippen LogP contribution in [0, 0.1) is 20.8 Å². The smallest absolute Gasteiger partial charge is 0.255 e. The lowest BCUT2D eigenvalue weighted by Crippen LogP contribution is -2.14. The van der Waals surface area contributed by atoms with E-state index in [1.165, 1.54) is 0 Å². The third kappa shape index (κ3) is 4.61. The van der Waals surface area contributed by atoms with Gasteiger partial charge in [-0.3, -0.25) is 9.59 Å². The zero-order valence-corrected chi connectivity index (χ0v) is 15.7. The van der Waals surface area contributed by atoms with Gasteiger partial charge in [-0.2, -0.15) is 0 Å². The van der Waals surface area contributed by atoms with Crippen molar-refractivity contribution in [2.75, 3.05) is 10.6 Å². The van der Waals surface area contributed by atoms with Crippen LogP contribution in [0.15, 0.2) is 66.7 Å². The Balaban J connectivity index is 1.69. The molecule has 27 heavy (non-hydrogen) atoms. The van der Waals surface area contributed by atoms with Crippen molar-refractivity contribution in [3.05, 3.63) is 94.5 Å². The van der Waals surface area contributed by atoms with Crippen molar-refractivity contribution >= 4 is 23.2 Å². The lowest BCUT2D eigenvalue weighted by Gasteiger charge is -2.11. The Morgan fingerprint density at radius 3 is 1.59 bits per heavy atom. The van der Waals surface area contributed by atoms with Crippen LogP contribution in [0.1, 0.15) is 37.4 Å². The molecule has 0 aliphatic heterocycles. The van der Waals surface area contributed by atoms with Gasteiger partial charge in [0.25, 0.3) is 11.8 Å². The standard InChI is InChI=1S/C23H22N2O2/c1-15-4-8-18(9-5-15)22(26)24-20-12-13-21(17(3)14-20)25-23(27)19-10-6-16(2)7-11-19/h4-14H,1-3H3,(H,24,26)(H,25,27). The number of amides is 2. The predicted octanol–water partition coefficient (Wildman–Crippen LogP) is 5.12. The molecule has 4 heteroatoms. The zero-order chi connectivity index (χ0) is 19.4. The third-order valence-corrected chi connectivity index (χ3v) is 4.36. The molecule has 4 nitrogen and oxygen atoms in total. The van der Waals surface area contributed by atoms with Gasteiger partial charge in [-0.05, 0) is 68.8 Å². The van der Waals surface area contributed by atoms with Gasteiger partial charge in [-0.15, -0.1) is 0 Å². The molecule has 0 fully saturated rings. The van der Waals surface area contributed by atoms with Crippen LogP contribution in [-0.4, -0.2) is 11.8 Å². The van der Waals surface area contributed by atoms with Gasteiger partial charge in [0.2, 0.25) is 0 Å². The number of carbonyl (C=O) groups is 2. The number of anilines is 2. The van der Waals surface area contributed by atoms with E-state index < -0.39 is 0 Å². The van der Waals surface area contributed by atoms with Crippen molar-refractivity contribution in [2.24, 2.45) is 0 Å². The molecule has 0 spiro atoms. The Kier molecular flexibility index (Phi) is 5.36. The molecule has 0 aliphatic rings. The van der Waals surface area contributed by atoms with Crippen LogP contribution >= 0.6 is 0 Å². The van der Waals surface area contributed by atoms with E-state index >= 15 is 0 Å². The topological polar surface area (TPSA) is 58.2 Å². The van der Waals surface area contributed by atoms with E-state index in [1.807, 2.05) is 51.1 Å². The van der Waals surface area contributed by atoms with Crippen molar-refractivity contribution < 1.29 is 9.59 Å². The Hall–Kier alpha value is -3.40. The minimum atomic E-state index is -0.161. The Bertz CT molecular complexity index is 974. The summed E-state index contributed by atoms with van der Waals surface area (Å²) in [4.78, 5) is 24.7. The molecule has 0 aliphatic carbocycles. The molecular weight excluding hydrogens is 336 g/mol. The van der Waals surface area contributed by atoms with E-state index in [0.717, 1.165) is 16.7 Å². The maximum Gasteiger partial charge on any atom is 0.255 e. The summed E-state index contributed by atoms with van der Waals surface area (Å²) >= 11 is 0. The highest BCUT2D eigenvalue weighted by Crippen LogP contribution is 2.21. The highest BCUT2D eigenvalue weighted by molar-refractivity contribution is 6.06. The SMILES string of the molecule is Cc1ccc(C(=O)Nc2ccc(NC(=O)c3ccc(C)cc3)c(C)c2)cc1. The fourth-order valence-corrected chi connectivity index (χ4v) is 2.69. The summed E-state index contributed by atoms with van der Waals surface area (Å²) < 4.78 is 0. The highest BCUT2D eigenvalue weighted by Gasteiger charge is 2.10. The largest absolute Gasteiger partial charge is 0.322 e. The van der Waals surface area contributed by atoms with E-state index in [4.69, 9.17) is 0 Å². The molecule has 3 aromatic carbocycles. The van der Waals surface area contributed by atoms with Gasteiger partial charge in [-0.1, -0.05) is 35.4 Å². The second-order valence-electron chi connectivity index (χ2n) is 6.67. The molecule has 0 bridgehead atoms. The van der Waals surface area contributed by atoms with Gasteiger partial charge >= 0.3 is 0 Å². The van der Waals surface area contributed by atoms with Gasteiger partial charge < -0.3 is 10.6 Å². The van der Waals surface area contributed by atoms with E-state index in [1.54, 1.807) is 36.4 Å². The predicted molar refractivity (Wildman–Crippen MR) is 109 cm³/mol. The fourth-order valence-electron chi connectivity index (χ4n) is 2.69. The van der Waals surface area contributed by atoms with Crippen LogP contribution in [-0.2, 0) is 0 Å². The van der Waals surface area contributed by atoms with E-state index in [-0.39, 0.29) is 11.8 Å². The molecule has 0 atom stereocenters. The number of nitrogens with one attached hydrogen (secondary N) is 2. The van der Waals surface area contributed by atoms with Crippen LogP contribution in [0.25, 0.3) is 0 Å². The normalized spacial score (nSPS) is 10.3. The summed E-state index contributed by atoms with van der Waals surface area (Å²) in [5.74, 6) is -0.319. The van der Waals surface area contributed by atoms with Crippen LogP contribution in [0.3, 0.4) is 0 Å². The summed E-state index contributed by atoms with van der Waals surface area (Å²) in [5, 5.41) is 5.80. The maximum absolute atomic E-state index is 12.4. The average Bonchev–Trinajstić information content (AvgIpc) is 2.65. The molecule has 2 N–H and O–H groups in total. The highest BCUT2D eigenvalue weighted by atomic mass is 16.2. The van der Waals surface area contributed by atoms with Crippen molar-refractivity contribution in [1.29, 1.82) is 0 Å². The lowest BCUT2D eigenvalue weighted by atomic mass is 10.1. The quantitative estimate of drug-likeness (QED) is 0.680. The number of carbonyl (C=O) groups excluding carboxylic acids is 2. The molecule has 0 radical (unpaired) electrons. The van der Waals surface area contributed by atoms with Gasteiger partial charge in [0.1, 0.15) is 0 Å². The summed E-state index contributed by atoms with van der Waals surface area (Å²) in [5.41, 5.74) is 5.71. The minimum absolute atomic E-state index is 0.158. The first-order chi connectivity index (χ1) is 12.9. The Morgan fingerprint density at radius 2 is 1.11 bits per heavy atom. The molecule has 0 unspecified atom stereocenters. The summed E-state index contributed by atoms with van der Waals surface area (Å²) in [6.45, 7) is 5.86. The van der Waals surface area contributed by atoms with Crippen LogP contribution in [0.5, 0.6) is 0 Å². The molecule has 3 aromatic rings. The molecule has 0 saturated carbocycles. The summed E-state index contributed by atoms with van der Waals surface area (Å²) in [6.07, 6.45) is 0. The van der Waals surface area contributed by atoms with Crippen molar-refractivity contribution in [3.8, 4) is 0 Å². The lowest BCUT2D eigenvalue weighted by molar-refractivity contribution is 0.101. The zero-order valence-electron chi connectivity index (χ0n) is 15.7. The van der Waals surface area contributed by atoms with Crippen LogP contribution < -0.4 is 10.6 Å². The van der Waals surface area contributed by atoms with E-state index in [2.05, 4.69) is 10.6 Å². The first kappa shape index (κ1) is 18.4. The number of hydrogen-bond donors (Lipinski definition) is 2. The molecule has 2 amide bonds. The van der Waals surface area contributed by atoms with Crippen molar-refractivity contribution in [2.45, 2.75) is 20.8 Å². The minimum Gasteiger partial charge on any atom is -0.322 e. The van der Waals surface area contributed by atoms with Gasteiger partial charge in [0.05, 0.1) is 0 Å². The molecule has 0 heterocycles. The molecule has 3 rings (SSSR count). The molecule has 0 aromatic heterocycles. The summed E-state index contributed by atoms with van der Waals surface area (Å²) in [6, 6.07) is 20.3. The first-order valence-electron chi connectivity index (χ1n) is 8.79. The average molecular weight is 358 g/mol.